The molecule has 0 saturated carbocycles. The van der Waals surface area contributed by atoms with Gasteiger partial charge < -0.3 is 5.11 Å². The van der Waals surface area contributed by atoms with Crippen molar-refractivity contribution in [2.45, 2.75) is 19.4 Å². The minimum absolute atomic E-state index is 0.442. The molecular formula is C11H11NO3. The Kier molecular flexibility index (Phi) is 1.83. The first-order valence-corrected chi connectivity index (χ1v) is 4.63. The highest BCUT2D eigenvalue weighted by molar-refractivity contribution is 6.07. The predicted molar refractivity (Wildman–Crippen MR) is 53.7 cm³/mol. The third kappa shape index (κ3) is 1.14. The molecule has 0 aromatic heterocycles. The summed E-state index contributed by atoms with van der Waals surface area (Å²) in [6.07, 6.45) is -1.21. The molecule has 1 aliphatic heterocycles. The fourth-order valence-corrected chi connectivity index (χ4v) is 2.02. The van der Waals surface area contributed by atoms with Crippen LogP contribution in [0.2, 0.25) is 0 Å². The van der Waals surface area contributed by atoms with Crippen LogP contribution in [0, 0.1) is 0 Å². The first-order valence-electron chi connectivity index (χ1n) is 4.63. The summed E-state index contributed by atoms with van der Waals surface area (Å²) in [5.41, 5.74) is 0.460. The normalized spacial score (nSPS) is 17.7. The number of hydrogen-bond donors (Lipinski definition) is 1. The Hall–Kier alpha value is -1.84. The van der Waals surface area contributed by atoms with Crippen molar-refractivity contribution in [3.8, 4) is 0 Å². The topological polar surface area (TPSA) is 57.6 Å². The van der Waals surface area contributed by atoms with Crippen LogP contribution in [0.15, 0.2) is 24.3 Å². The average molecular weight is 205 g/mol. The maximum absolute atomic E-state index is 11.8. The zero-order chi connectivity index (χ0) is 11.2. The molecule has 1 aromatic rings. The molecular weight excluding hydrogens is 194 g/mol. The molecule has 4 nitrogen and oxygen atoms in total. The van der Waals surface area contributed by atoms with Crippen LogP contribution in [-0.2, 0) is 5.54 Å². The maximum atomic E-state index is 11.8. The summed E-state index contributed by atoms with van der Waals surface area (Å²) in [6.45, 7) is 3.45. The monoisotopic (exact) mass is 205 g/mol. The minimum atomic E-state index is -1.21. The quantitative estimate of drug-likeness (QED) is 0.705. The summed E-state index contributed by atoms with van der Waals surface area (Å²) in [6, 6.07) is 6.98. The van der Waals surface area contributed by atoms with E-state index < -0.39 is 17.5 Å². The number of benzene rings is 1. The Morgan fingerprint density at radius 2 is 1.93 bits per heavy atom. The zero-order valence-electron chi connectivity index (χ0n) is 8.52. The molecule has 1 N–H and O–H groups in total. The van der Waals surface area contributed by atoms with Gasteiger partial charge in [-0.2, -0.15) is 0 Å². The summed E-state index contributed by atoms with van der Waals surface area (Å²) >= 11 is 0. The van der Waals surface area contributed by atoms with Gasteiger partial charge in [0.2, 0.25) is 0 Å². The fourth-order valence-electron chi connectivity index (χ4n) is 2.02. The van der Waals surface area contributed by atoms with Crippen molar-refractivity contribution in [3.63, 3.8) is 0 Å². The van der Waals surface area contributed by atoms with Crippen molar-refractivity contribution in [2.75, 3.05) is 0 Å². The lowest BCUT2D eigenvalue weighted by Crippen LogP contribution is -2.42. The molecule has 1 aromatic carbocycles. The van der Waals surface area contributed by atoms with Gasteiger partial charge >= 0.3 is 6.09 Å². The van der Waals surface area contributed by atoms with Crippen molar-refractivity contribution in [1.29, 1.82) is 0 Å². The highest BCUT2D eigenvalue weighted by atomic mass is 16.4. The van der Waals surface area contributed by atoms with Crippen LogP contribution < -0.4 is 0 Å². The number of hydrogen-bond acceptors (Lipinski definition) is 2. The Morgan fingerprint density at radius 3 is 2.47 bits per heavy atom. The van der Waals surface area contributed by atoms with Crippen molar-refractivity contribution in [1.82, 2.24) is 4.90 Å². The van der Waals surface area contributed by atoms with Crippen molar-refractivity contribution < 1.29 is 14.7 Å². The van der Waals surface area contributed by atoms with Crippen LogP contribution in [0.25, 0.3) is 0 Å². The van der Waals surface area contributed by atoms with E-state index in [1.807, 2.05) is 0 Å². The summed E-state index contributed by atoms with van der Waals surface area (Å²) < 4.78 is 0. The Balaban J connectivity index is 2.65. The number of rotatable bonds is 0. The first-order chi connectivity index (χ1) is 6.96. The van der Waals surface area contributed by atoms with E-state index in [-0.39, 0.29) is 0 Å². The molecule has 4 heteroatoms. The molecule has 78 valence electrons. The predicted octanol–water partition coefficient (Wildman–Crippen LogP) is 2.06. The summed E-state index contributed by atoms with van der Waals surface area (Å²) in [5.74, 6) is -0.442. The molecule has 15 heavy (non-hydrogen) atoms. The van der Waals surface area contributed by atoms with E-state index in [4.69, 9.17) is 5.11 Å². The van der Waals surface area contributed by atoms with Gasteiger partial charge in [0, 0.05) is 5.56 Å². The highest BCUT2D eigenvalue weighted by Crippen LogP contribution is 2.38. The molecule has 0 spiro atoms. The second-order valence-corrected chi connectivity index (χ2v) is 4.03. The van der Waals surface area contributed by atoms with Gasteiger partial charge in [0.25, 0.3) is 5.91 Å². The van der Waals surface area contributed by atoms with Crippen LogP contribution in [-0.4, -0.2) is 22.0 Å². The SMILES string of the molecule is CC1(C)c2ccccc2C(=O)N1C(=O)O. The van der Waals surface area contributed by atoms with E-state index >= 15 is 0 Å². The van der Waals surface area contributed by atoms with E-state index in [0.29, 0.717) is 5.56 Å². The molecule has 0 atom stereocenters. The maximum Gasteiger partial charge on any atom is 0.415 e. The molecule has 0 saturated heterocycles. The van der Waals surface area contributed by atoms with E-state index in [2.05, 4.69) is 0 Å². The number of imide groups is 1. The molecule has 1 heterocycles. The van der Waals surface area contributed by atoms with Crippen molar-refractivity contribution in [3.05, 3.63) is 35.4 Å². The highest BCUT2D eigenvalue weighted by Gasteiger charge is 2.46. The number of amides is 2. The standard InChI is InChI=1S/C11H11NO3/c1-11(2)8-6-4-3-5-7(8)9(13)12(11)10(14)15/h3-6H,1-2H3,(H,14,15). The van der Waals surface area contributed by atoms with Gasteiger partial charge in [0.05, 0.1) is 5.54 Å². The molecule has 0 unspecified atom stereocenters. The van der Waals surface area contributed by atoms with Crippen LogP contribution in [0.4, 0.5) is 4.79 Å². The van der Waals surface area contributed by atoms with Gasteiger partial charge in [0.1, 0.15) is 0 Å². The molecule has 0 aliphatic carbocycles. The van der Waals surface area contributed by atoms with Gasteiger partial charge in [-0.25, -0.2) is 9.69 Å². The van der Waals surface area contributed by atoms with Crippen LogP contribution in [0.1, 0.15) is 29.8 Å². The third-order valence-electron chi connectivity index (χ3n) is 2.77. The van der Waals surface area contributed by atoms with Gasteiger partial charge in [-0.3, -0.25) is 4.79 Å². The van der Waals surface area contributed by atoms with Gasteiger partial charge in [0.15, 0.2) is 0 Å². The first kappa shape index (κ1) is 9.71. The lowest BCUT2D eigenvalue weighted by molar-refractivity contribution is 0.0610. The molecule has 2 amide bonds. The lowest BCUT2D eigenvalue weighted by Gasteiger charge is -2.27. The average Bonchev–Trinajstić information content (AvgIpc) is 2.36. The molecule has 0 radical (unpaired) electrons. The Labute approximate surface area is 87.1 Å². The van der Waals surface area contributed by atoms with E-state index in [0.717, 1.165) is 10.5 Å². The largest absolute Gasteiger partial charge is 0.465 e. The fraction of sp³-hybridized carbons (Fsp3) is 0.273. The smallest absolute Gasteiger partial charge is 0.415 e. The number of carbonyl (C=O) groups excluding carboxylic acids is 1. The number of nitrogens with zero attached hydrogens (tertiary/aromatic N) is 1. The van der Waals surface area contributed by atoms with Crippen molar-refractivity contribution >= 4 is 12.0 Å². The van der Waals surface area contributed by atoms with Crippen LogP contribution >= 0.6 is 0 Å². The summed E-state index contributed by atoms with van der Waals surface area (Å²) in [5, 5.41) is 9.00. The zero-order valence-corrected chi connectivity index (χ0v) is 8.52. The minimum Gasteiger partial charge on any atom is -0.465 e. The van der Waals surface area contributed by atoms with Gasteiger partial charge in [-0.15, -0.1) is 0 Å². The number of carboxylic acid groups (broad SMARTS) is 1. The van der Waals surface area contributed by atoms with E-state index in [1.54, 1.807) is 38.1 Å². The van der Waals surface area contributed by atoms with Crippen LogP contribution in [0.3, 0.4) is 0 Å². The molecule has 0 bridgehead atoms. The Morgan fingerprint density at radius 1 is 1.33 bits per heavy atom. The van der Waals surface area contributed by atoms with Gasteiger partial charge in [-0.05, 0) is 25.5 Å². The lowest BCUT2D eigenvalue weighted by atomic mass is 9.94. The second-order valence-electron chi connectivity index (χ2n) is 4.03. The van der Waals surface area contributed by atoms with E-state index in [1.165, 1.54) is 0 Å². The second kappa shape index (κ2) is 2.82. The summed E-state index contributed by atoms with van der Waals surface area (Å²) in [4.78, 5) is 23.7. The number of carbonyl (C=O) groups is 2. The molecule has 0 fully saturated rings. The number of fused-ring (bicyclic) bond motifs is 1. The van der Waals surface area contributed by atoms with Gasteiger partial charge in [-0.1, -0.05) is 18.2 Å². The summed E-state index contributed by atoms with van der Waals surface area (Å²) in [7, 11) is 0. The van der Waals surface area contributed by atoms with Crippen LogP contribution in [0.5, 0.6) is 0 Å². The van der Waals surface area contributed by atoms with E-state index in [9.17, 15) is 9.59 Å². The third-order valence-corrected chi connectivity index (χ3v) is 2.77. The van der Waals surface area contributed by atoms with Crippen molar-refractivity contribution in [2.24, 2.45) is 0 Å². The molecule has 2 rings (SSSR count). The Bertz CT molecular complexity index is 451. The molecule has 1 aliphatic rings.